The largest absolute Gasteiger partial charge is 0.303 e. The van der Waals surface area contributed by atoms with Crippen molar-refractivity contribution < 1.29 is 9.59 Å². The number of hydrogen-bond donors (Lipinski definition) is 0. The first-order chi connectivity index (χ1) is 5.24. The fraction of sp³-hybridized carbons (Fsp3) is 0.750. The molecule has 1 aliphatic rings. The van der Waals surface area contributed by atoms with Gasteiger partial charge in [0.1, 0.15) is 6.29 Å². The highest BCUT2D eigenvalue weighted by Gasteiger charge is 2.24. The highest BCUT2D eigenvalue weighted by atomic mass is 35.5. The lowest BCUT2D eigenvalue weighted by atomic mass is 9.83. The first kappa shape index (κ1) is 8.72. The van der Waals surface area contributed by atoms with E-state index < -0.39 is 0 Å². The van der Waals surface area contributed by atoms with Crippen molar-refractivity contribution in [3.8, 4) is 0 Å². The van der Waals surface area contributed by atoms with Crippen LogP contribution in [0.25, 0.3) is 0 Å². The molecule has 0 aromatic carbocycles. The van der Waals surface area contributed by atoms with Crippen molar-refractivity contribution in [1.29, 1.82) is 0 Å². The van der Waals surface area contributed by atoms with E-state index >= 15 is 0 Å². The van der Waals surface area contributed by atoms with E-state index in [2.05, 4.69) is 0 Å². The minimum absolute atomic E-state index is 0.00728. The Hall–Kier alpha value is -0.370. The summed E-state index contributed by atoms with van der Waals surface area (Å²) in [5.74, 6) is 0.176. The molecule has 0 spiro atoms. The molecule has 0 N–H and O–H groups in total. The van der Waals surface area contributed by atoms with Crippen LogP contribution in [0.5, 0.6) is 0 Å². The van der Waals surface area contributed by atoms with Gasteiger partial charge >= 0.3 is 0 Å². The molecule has 2 nitrogen and oxygen atoms in total. The summed E-state index contributed by atoms with van der Waals surface area (Å²) in [4.78, 5) is 21.0. The summed E-state index contributed by atoms with van der Waals surface area (Å²) in [6.45, 7) is 0. The van der Waals surface area contributed by atoms with Gasteiger partial charge < -0.3 is 4.79 Å². The zero-order chi connectivity index (χ0) is 8.27. The molecule has 0 radical (unpaired) electrons. The summed E-state index contributed by atoms with van der Waals surface area (Å²) in [5, 5.41) is -0.241. The first-order valence-electron chi connectivity index (χ1n) is 3.88. The molecule has 0 atom stereocenters. The summed E-state index contributed by atoms with van der Waals surface area (Å²) >= 11 is 5.32. The van der Waals surface area contributed by atoms with Crippen LogP contribution in [0.1, 0.15) is 25.7 Å². The molecule has 0 amide bonds. The van der Waals surface area contributed by atoms with E-state index in [1.54, 1.807) is 0 Å². The SMILES string of the molecule is O=CC1CCC(C(=O)Cl)CC1. The van der Waals surface area contributed by atoms with Crippen molar-refractivity contribution in [1.82, 2.24) is 0 Å². The number of hydrogen-bond acceptors (Lipinski definition) is 2. The van der Waals surface area contributed by atoms with Crippen LogP contribution in [-0.2, 0) is 9.59 Å². The molecule has 0 saturated heterocycles. The predicted molar refractivity (Wildman–Crippen MR) is 42.4 cm³/mol. The summed E-state index contributed by atoms with van der Waals surface area (Å²) in [6, 6.07) is 0. The fourth-order valence-electron chi connectivity index (χ4n) is 1.48. The smallest absolute Gasteiger partial charge is 0.224 e. The lowest BCUT2D eigenvalue weighted by Gasteiger charge is -2.21. The standard InChI is InChI=1S/C8H11ClO2/c9-8(11)7-3-1-6(5-10)2-4-7/h5-7H,1-4H2. The van der Waals surface area contributed by atoms with E-state index in [4.69, 9.17) is 11.6 Å². The fourth-order valence-corrected chi connectivity index (χ4v) is 1.70. The maximum Gasteiger partial charge on any atom is 0.224 e. The minimum atomic E-state index is -0.241. The van der Waals surface area contributed by atoms with Crippen LogP contribution in [0.2, 0.25) is 0 Å². The van der Waals surface area contributed by atoms with Crippen LogP contribution in [0.3, 0.4) is 0 Å². The zero-order valence-corrected chi connectivity index (χ0v) is 7.01. The molecule has 62 valence electrons. The first-order valence-corrected chi connectivity index (χ1v) is 4.26. The molecule has 0 bridgehead atoms. The highest BCUT2D eigenvalue weighted by Crippen LogP contribution is 2.28. The van der Waals surface area contributed by atoms with Gasteiger partial charge in [0.15, 0.2) is 0 Å². The van der Waals surface area contributed by atoms with E-state index in [9.17, 15) is 9.59 Å². The number of aldehydes is 1. The molecule has 0 aromatic heterocycles. The molecule has 11 heavy (non-hydrogen) atoms. The van der Waals surface area contributed by atoms with Crippen molar-refractivity contribution in [2.45, 2.75) is 25.7 Å². The second-order valence-electron chi connectivity index (χ2n) is 3.05. The van der Waals surface area contributed by atoms with Gasteiger partial charge in [0, 0.05) is 11.8 Å². The Morgan fingerprint density at radius 1 is 1.27 bits per heavy atom. The summed E-state index contributed by atoms with van der Waals surface area (Å²) in [6.07, 6.45) is 4.20. The lowest BCUT2D eigenvalue weighted by Crippen LogP contribution is -2.19. The second-order valence-corrected chi connectivity index (χ2v) is 3.42. The number of carbonyl (C=O) groups excluding carboxylic acids is 2. The van der Waals surface area contributed by atoms with Gasteiger partial charge in [0.2, 0.25) is 5.24 Å². The average Bonchev–Trinajstić information content (AvgIpc) is 2.05. The Bertz CT molecular complexity index is 159. The van der Waals surface area contributed by atoms with Crippen LogP contribution < -0.4 is 0 Å². The van der Waals surface area contributed by atoms with Gasteiger partial charge in [-0.3, -0.25) is 4.79 Å². The normalized spacial score (nSPS) is 31.4. The number of halogens is 1. The van der Waals surface area contributed by atoms with Crippen molar-refractivity contribution in [3.63, 3.8) is 0 Å². The maximum atomic E-state index is 10.7. The Labute approximate surface area is 70.9 Å². The molecule has 1 aliphatic carbocycles. The topological polar surface area (TPSA) is 34.1 Å². The van der Waals surface area contributed by atoms with Crippen LogP contribution in [0.4, 0.5) is 0 Å². The van der Waals surface area contributed by atoms with Gasteiger partial charge in [0.25, 0.3) is 0 Å². The molecule has 1 fully saturated rings. The molecule has 1 saturated carbocycles. The molecule has 3 heteroatoms. The van der Waals surface area contributed by atoms with Crippen LogP contribution in [0.15, 0.2) is 0 Å². The van der Waals surface area contributed by atoms with Crippen LogP contribution >= 0.6 is 11.6 Å². The molecule has 1 rings (SSSR count). The van der Waals surface area contributed by atoms with E-state index in [0.717, 1.165) is 32.0 Å². The van der Waals surface area contributed by atoms with Crippen molar-refractivity contribution in [3.05, 3.63) is 0 Å². The van der Waals surface area contributed by atoms with Gasteiger partial charge in [0.05, 0.1) is 0 Å². The average molecular weight is 175 g/mol. The van der Waals surface area contributed by atoms with Crippen molar-refractivity contribution in [2.24, 2.45) is 11.8 Å². The molecular formula is C8H11ClO2. The Balaban J connectivity index is 2.35. The van der Waals surface area contributed by atoms with E-state index in [-0.39, 0.29) is 17.1 Å². The third kappa shape index (κ3) is 2.29. The highest BCUT2D eigenvalue weighted by molar-refractivity contribution is 6.63. The third-order valence-electron chi connectivity index (χ3n) is 2.29. The van der Waals surface area contributed by atoms with E-state index in [1.807, 2.05) is 0 Å². The Morgan fingerprint density at radius 2 is 1.82 bits per heavy atom. The van der Waals surface area contributed by atoms with Gasteiger partial charge in [-0.25, -0.2) is 0 Å². The van der Waals surface area contributed by atoms with Gasteiger partial charge in [-0.05, 0) is 37.3 Å². The molecular weight excluding hydrogens is 164 g/mol. The lowest BCUT2D eigenvalue weighted by molar-refractivity contribution is -0.118. The van der Waals surface area contributed by atoms with Crippen molar-refractivity contribution >= 4 is 23.1 Å². The third-order valence-corrected chi connectivity index (χ3v) is 2.59. The Morgan fingerprint density at radius 3 is 2.18 bits per heavy atom. The Kier molecular flexibility index (Phi) is 3.06. The van der Waals surface area contributed by atoms with Crippen LogP contribution in [0, 0.1) is 11.8 Å². The number of carbonyl (C=O) groups is 2. The van der Waals surface area contributed by atoms with Crippen LogP contribution in [-0.4, -0.2) is 11.5 Å². The van der Waals surface area contributed by atoms with Gasteiger partial charge in [-0.1, -0.05) is 0 Å². The molecule has 0 aromatic rings. The van der Waals surface area contributed by atoms with Gasteiger partial charge in [-0.2, -0.15) is 0 Å². The predicted octanol–water partition coefficient (Wildman–Crippen LogP) is 1.76. The van der Waals surface area contributed by atoms with E-state index in [0.29, 0.717) is 0 Å². The quantitative estimate of drug-likeness (QED) is 0.472. The summed E-state index contributed by atoms with van der Waals surface area (Å²) < 4.78 is 0. The minimum Gasteiger partial charge on any atom is -0.303 e. The number of rotatable bonds is 2. The second kappa shape index (κ2) is 3.86. The van der Waals surface area contributed by atoms with Gasteiger partial charge in [-0.15, -0.1) is 0 Å². The summed E-state index contributed by atoms with van der Waals surface area (Å²) in [7, 11) is 0. The zero-order valence-electron chi connectivity index (χ0n) is 6.25. The summed E-state index contributed by atoms with van der Waals surface area (Å²) in [5.41, 5.74) is 0. The molecule has 0 aliphatic heterocycles. The molecule has 0 heterocycles. The van der Waals surface area contributed by atoms with E-state index in [1.165, 1.54) is 0 Å². The monoisotopic (exact) mass is 174 g/mol. The molecule has 0 unspecified atom stereocenters. The maximum absolute atomic E-state index is 10.7. The van der Waals surface area contributed by atoms with Crippen molar-refractivity contribution in [2.75, 3.05) is 0 Å².